The van der Waals surface area contributed by atoms with E-state index < -0.39 is 34.4 Å². The van der Waals surface area contributed by atoms with Crippen LogP contribution >= 0.6 is 0 Å². The number of benzene rings is 2. The van der Waals surface area contributed by atoms with Gasteiger partial charge in [-0.05, 0) is 43.7 Å². The first-order valence-electron chi connectivity index (χ1n) is 8.66. The maximum Gasteiger partial charge on any atom is 0.344 e. The van der Waals surface area contributed by atoms with Crippen LogP contribution in [0.5, 0.6) is 5.75 Å². The molecule has 1 heterocycles. The topological polar surface area (TPSA) is 131 Å². The predicted molar refractivity (Wildman–Crippen MR) is 101 cm³/mol. The Hall–Kier alpha value is -3.95. The lowest BCUT2D eigenvalue weighted by Crippen LogP contribution is -2.51. The first kappa shape index (κ1) is 19.8. The number of nitro benzene ring substituents is 1. The third kappa shape index (κ3) is 3.86. The molecule has 10 nitrogen and oxygen atoms in total. The van der Waals surface area contributed by atoms with Crippen LogP contribution < -0.4 is 15.5 Å². The fourth-order valence-electron chi connectivity index (χ4n) is 2.81. The molecule has 3 rings (SSSR count). The Kier molecular flexibility index (Phi) is 5.18. The van der Waals surface area contributed by atoms with Gasteiger partial charge in [-0.3, -0.25) is 25.1 Å². The second-order valence-electron chi connectivity index (χ2n) is 6.55. The van der Waals surface area contributed by atoms with Crippen molar-refractivity contribution in [2.75, 3.05) is 0 Å². The van der Waals surface area contributed by atoms with E-state index in [1.807, 2.05) is 0 Å². The van der Waals surface area contributed by atoms with Crippen LogP contribution in [0.15, 0.2) is 54.6 Å². The number of imide groups is 1. The van der Waals surface area contributed by atoms with E-state index in [2.05, 4.69) is 10.7 Å². The molecule has 0 aromatic heterocycles. The summed E-state index contributed by atoms with van der Waals surface area (Å²) in [6.07, 6.45) is -0.968. The predicted octanol–water partition coefficient (Wildman–Crippen LogP) is 1.86. The van der Waals surface area contributed by atoms with Crippen molar-refractivity contribution in [3.05, 3.63) is 70.3 Å². The number of nitrogens with zero attached hydrogens (tertiary/aromatic N) is 2. The molecule has 1 fully saturated rings. The molecule has 150 valence electrons. The van der Waals surface area contributed by atoms with Crippen molar-refractivity contribution < 1.29 is 24.0 Å². The van der Waals surface area contributed by atoms with Gasteiger partial charge in [-0.15, -0.1) is 0 Å². The standard InChI is InChI=1S/C19H18N4O6/c1-12(29-15-6-4-3-5-7-15)16(24)21-22-17(25)19(2,20-18(22)26)13-8-10-14(11-9-13)23(27)28/h3-12H,1-2H3,(H,20,26)(H,21,24)/t12-,19-/m0/s1. The lowest BCUT2D eigenvalue weighted by molar-refractivity contribution is -0.384. The molecule has 0 radical (unpaired) electrons. The Morgan fingerprint density at radius 1 is 1.17 bits per heavy atom. The highest BCUT2D eigenvalue weighted by Crippen LogP contribution is 2.29. The van der Waals surface area contributed by atoms with Gasteiger partial charge in [-0.2, -0.15) is 5.01 Å². The number of para-hydroxylation sites is 1. The number of ether oxygens (including phenoxy) is 1. The Labute approximate surface area is 165 Å². The zero-order valence-electron chi connectivity index (χ0n) is 15.6. The maximum atomic E-state index is 12.8. The quantitative estimate of drug-likeness (QED) is 0.434. The number of non-ortho nitro benzene ring substituents is 1. The smallest absolute Gasteiger partial charge is 0.344 e. The summed E-state index contributed by atoms with van der Waals surface area (Å²) < 4.78 is 5.48. The van der Waals surface area contributed by atoms with E-state index in [-0.39, 0.29) is 5.69 Å². The lowest BCUT2D eigenvalue weighted by atomic mass is 9.92. The molecule has 29 heavy (non-hydrogen) atoms. The minimum Gasteiger partial charge on any atom is -0.481 e. The van der Waals surface area contributed by atoms with Crippen molar-refractivity contribution in [1.29, 1.82) is 0 Å². The molecule has 1 aliphatic rings. The molecule has 0 aliphatic carbocycles. The number of hydrogen-bond donors (Lipinski definition) is 2. The van der Waals surface area contributed by atoms with Crippen molar-refractivity contribution in [2.24, 2.45) is 0 Å². The number of amides is 4. The number of carbonyl (C=O) groups excluding carboxylic acids is 3. The zero-order valence-corrected chi connectivity index (χ0v) is 15.6. The molecule has 0 spiro atoms. The van der Waals surface area contributed by atoms with Crippen LogP contribution in [-0.4, -0.2) is 33.9 Å². The number of rotatable bonds is 6. The lowest BCUT2D eigenvalue weighted by Gasteiger charge is -2.22. The van der Waals surface area contributed by atoms with Gasteiger partial charge in [0.2, 0.25) is 0 Å². The molecule has 2 atom stereocenters. The average Bonchev–Trinajstić information content (AvgIpc) is 2.92. The summed E-state index contributed by atoms with van der Waals surface area (Å²) in [7, 11) is 0. The third-order valence-corrected chi connectivity index (χ3v) is 4.49. The van der Waals surface area contributed by atoms with Crippen LogP contribution in [0, 0.1) is 10.1 Å². The molecule has 2 aromatic carbocycles. The summed E-state index contributed by atoms with van der Waals surface area (Å²) >= 11 is 0. The van der Waals surface area contributed by atoms with Crippen LogP contribution in [-0.2, 0) is 15.1 Å². The van der Waals surface area contributed by atoms with Gasteiger partial charge in [0.25, 0.3) is 17.5 Å². The Morgan fingerprint density at radius 3 is 2.38 bits per heavy atom. The molecule has 2 N–H and O–H groups in total. The van der Waals surface area contributed by atoms with Gasteiger partial charge in [0.05, 0.1) is 4.92 Å². The summed E-state index contributed by atoms with van der Waals surface area (Å²) in [5.74, 6) is -0.954. The summed E-state index contributed by atoms with van der Waals surface area (Å²) in [5, 5.41) is 13.9. The number of hydrogen-bond acceptors (Lipinski definition) is 6. The highest BCUT2D eigenvalue weighted by molar-refractivity contribution is 6.08. The van der Waals surface area contributed by atoms with E-state index in [9.17, 15) is 24.5 Å². The normalized spacial score (nSPS) is 19.4. The number of urea groups is 1. The molecule has 4 amide bonds. The number of nitrogens with one attached hydrogen (secondary N) is 2. The van der Waals surface area contributed by atoms with Gasteiger partial charge in [-0.1, -0.05) is 18.2 Å². The Morgan fingerprint density at radius 2 is 1.79 bits per heavy atom. The fraction of sp³-hybridized carbons (Fsp3) is 0.211. The van der Waals surface area contributed by atoms with E-state index in [4.69, 9.17) is 4.74 Å². The van der Waals surface area contributed by atoms with Crippen molar-refractivity contribution in [1.82, 2.24) is 15.8 Å². The molecule has 10 heteroatoms. The van der Waals surface area contributed by atoms with Crippen molar-refractivity contribution in [2.45, 2.75) is 25.5 Å². The second-order valence-corrected chi connectivity index (χ2v) is 6.55. The SMILES string of the molecule is C[C@H](Oc1ccccc1)C(=O)NN1C(=O)N[C@@](C)(c2ccc([N+](=O)[O-])cc2)C1=O. The van der Waals surface area contributed by atoms with Crippen molar-refractivity contribution in [3.63, 3.8) is 0 Å². The van der Waals surface area contributed by atoms with Gasteiger partial charge in [-0.25, -0.2) is 4.79 Å². The van der Waals surface area contributed by atoms with Crippen LogP contribution in [0.2, 0.25) is 0 Å². The van der Waals surface area contributed by atoms with E-state index in [1.165, 1.54) is 38.1 Å². The van der Waals surface area contributed by atoms with Crippen molar-refractivity contribution in [3.8, 4) is 5.75 Å². The molecular weight excluding hydrogens is 380 g/mol. The minimum absolute atomic E-state index is 0.147. The van der Waals surface area contributed by atoms with E-state index in [0.29, 0.717) is 16.3 Å². The average molecular weight is 398 g/mol. The Balaban J connectivity index is 1.72. The van der Waals surface area contributed by atoms with Gasteiger partial charge >= 0.3 is 6.03 Å². The third-order valence-electron chi connectivity index (χ3n) is 4.49. The first-order valence-corrected chi connectivity index (χ1v) is 8.66. The van der Waals surface area contributed by atoms with E-state index >= 15 is 0 Å². The highest BCUT2D eigenvalue weighted by atomic mass is 16.6. The summed E-state index contributed by atoms with van der Waals surface area (Å²) in [6.45, 7) is 2.93. The first-order chi connectivity index (χ1) is 13.7. The zero-order chi connectivity index (χ0) is 21.2. The monoisotopic (exact) mass is 398 g/mol. The Bertz CT molecular complexity index is 962. The van der Waals surface area contributed by atoms with Crippen LogP contribution in [0.4, 0.5) is 10.5 Å². The molecular formula is C19H18N4O6. The van der Waals surface area contributed by atoms with Crippen molar-refractivity contribution >= 4 is 23.5 Å². The van der Waals surface area contributed by atoms with Gasteiger partial charge in [0, 0.05) is 12.1 Å². The van der Waals surface area contributed by atoms with Gasteiger partial charge in [0.15, 0.2) is 6.10 Å². The van der Waals surface area contributed by atoms with Gasteiger partial charge in [0.1, 0.15) is 11.3 Å². The largest absolute Gasteiger partial charge is 0.481 e. The molecule has 1 aliphatic heterocycles. The summed E-state index contributed by atoms with van der Waals surface area (Å²) in [5.41, 5.74) is 0.962. The molecule has 2 aromatic rings. The molecule has 1 saturated heterocycles. The summed E-state index contributed by atoms with van der Waals surface area (Å²) in [4.78, 5) is 47.7. The van der Waals surface area contributed by atoms with Gasteiger partial charge < -0.3 is 10.1 Å². The maximum absolute atomic E-state index is 12.8. The minimum atomic E-state index is -1.48. The van der Waals surface area contributed by atoms with E-state index in [0.717, 1.165) is 0 Å². The number of nitro groups is 1. The highest BCUT2D eigenvalue weighted by Gasteiger charge is 2.50. The second kappa shape index (κ2) is 7.58. The van der Waals surface area contributed by atoms with Crippen LogP contribution in [0.1, 0.15) is 19.4 Å². The fourth-order valence-corrected chi connectivity index (χ4v) is 2.81. The van der Waals surface area contributed by atoms with E-state index in [1.54, 1.807) is 30.3 Å². The number of carbonyl (C=O) groups is 3. The number of hydrazine groups is 1. The summed E-state index contributed by atoms with van der Waals surface area (Å²) in [6, 6.07) is 13.0. The van der Waals surface area contributed by atoms with Crippen LogP contribution in [0.25, 0.3) is 0 Å². The molecule has 0 saturated carbocycles. The molecule has 0 unspecified atom stereocenters. The molecule has 0 bridgehead atoms. The van der Waals surface area contributed by atoms with Crippen LogP contribution in [0.3, 0.4) is 0 Å².